The van der Waals surface area contributed by atoms with Crippen LogP contribution >= 0.6 is 0 Å². The summed E-state index contributed by atoms with van der Waals surface area (Å²) >= 11 is 0. The summed E-state index contributed by atoms with van der Waals surface area (Å²) in [6.45, 7) is 5.84. The van der Waals surface area contributed by atoms with Gasteiger partial charge < -0.3 is 5.73 Å². The first-order valence-electron chi connectivity index (χ1n) is 6.64. The van der Waals surface area contributed by atoms with Crippen molar-refractivity contribution in [2.75, 3.05) is 6.54 Å². The Morgan fingerprint density at radius 2 is 1.80 bits per heavy atom. The van der Waals surface area contributed by atoms with Gasteiger partial charge in [0.25, 0.3) is 0 Å². The first-order valence-corrected chi connectivity index (χ1v) is 8.08. The number of carbonyl (C=O) groups is 1. The minimum absolute atomic E-state index is 0.302. The summed E-state index contributed by atoms with van der Waals surface area (Å²) in [6.07, 6.45) is 1.16. The predicted octanol–water partition coefficient (Wildman–Crippen LogP) is 1.25. The lowest BCUT2D eigenvalue weighted by Gasteiger charge is -2.24. The molecule has 0 aliphatic carbocycles. The van der Waals surface area contributed by atoms with Gasteiger partial charge in [0.1, 0.15) is 6.04 Å². The second-order valence-electron chi connectivity index (χ2n) is 5.40. The molecule has 5 nitrogen and oxygen atoms in total. The molecule has 20 heavy (non-hydrogen) atoms. The Kier molecular flexibility index (Phi) is 3.88. The van der Waals surface area contributed by atoms with Gasteiger partial charge in [-0.1, -0.05) is 17.7 Å². The van der Waals surface area contributed by atoms with Crippen LogP contribution < -0.4 is 5.73 Å². The molecule has 1 unspecified atom stereocenters. The highest BCUT2D eigenvalue weighted by Crippen LogP contribution is 2.30. The van der Waals surface area contributed by atoms with Crippen molar-refractivity contribution in [3.8, 4) is 0 Å². The standard InChI is InChI=1S/C14H20N2O3S/c1-9-7-10(2)13(11(3)8-9)20(18,19)16-6-4-5-12(16)14(15)17/h7-8,12H,4-6H2,1-3H3,(H2,15,17). The molecule has 1 amide bonds. The van der Waals surface area contributed by atoms with Crippen LogP contribution in [-0.2, 0) is 14.8 Å². The maximum atomic E-state index is 12.8. The molecular formula is C14H20N2O3S. The maximum Gasteiger partial charge on any atom is 0.244 e. The van der Waals surface area contributed by atoms with E-state index in [1.165, 1.54) is 4.31 Å². The van der Waals surface area contributed by atoms with Gasteiger partial charge in [-0.2, -0.15) is 4.31 Å². The molecule has 1 heterocycles. The van der Waals surface area contributed by atoms with Crippen LogP contribution in [0.2, 0.25) is 0 Å². The molecule has 0 spiro atoms. The van der Waals surface area contributed by atoms with E-state index in [0.29, 0.717) is 35.4 Å². The maximum absolute atomic E-state index is 12.8. The number of nitrogens with zero attached hydrogens (tertiary/aromatic N) is 1. The van der Waals surface area contributed by atoms with Gasteiger partial charge in [-0.15, -0.1) is 0 Å². The van der Waals surface area contributed by atoms with Gasteiger partial charge in [0, 0.05) is 6.54 Å². The highest BCUT2D eigenvalue weighted by molar-refractivity contribution is 7.89. The Bertz CT molecular complexity index is 629. The van der Waals surface area contributed by atoms with Crippen molar-refractivity contribution in [1.29, 1.82) is 0 Å². The zero-order valence-electron chi connectivity index (χ0n) is 12.0. The van der Waals surface area contributed by atoms with Gasteiger partial charge in [0.15, 0.2) is 0 Å². The molecule has 1 aromatic carbocycles. The topological polar surface area (TPSA) is 80.5 Å². The molecule has 1 aliphatic rings. The van der Waals surface area contributed by atoms with Gasteiger partial charge in [-0.25, -0.2) is 8.42 Å². The minimum Gasteiger partial charge on any atom is -0.368 e. The van der Waals surface area contributed by atoms with Crippen molar-refractivity contribution in [3.63, 3.8) is 0 Å². The number of hydrogen-bond donors (Lipinski definition) is 1. The Labute approximate surface area is 119 Å². The summed E-state index contributed by atoms with van der Waals surface area (Å²) in [6, 6.07) is 2.96. The smallest absolute Gasteiger partial charge is 0.244 e. The van der Waals surface area contributed by atoms with Crippen molar-refractivity contribution in [3.05, 3.63) is 28.8 Å². The van der Waals surface area contributed by atoms with Gasteiger partial charge in [0.2, 0.25) is 15.9 Å². The Morgan fingerprint density at radius 3 is 2.30 bits per heavy atom. The van der Waals surface area contributed by atoms with E-state index < -0.39 is 22.0 Å². The molecule has 1 fully saturated rings. The monoisotopic (exact) mass is 296 g/mol. The van der Waals surface area contributed by atoms with Crippen LogP contribution in [-0.4, -0.2) is 31.2 Å². The molecule has 1 aliphatic heterocycles. The fourth-order valence-corrected chi connectivity index (χ4v) is 5.08. The van der Waals surface area contributed by atoms with Crippen molar-refractivity contribution >= 4 is 15.9 Å². The zero-order chi connectivity index (χ0) is 15.1. The molecule has 2 N–H and O–H groups in total. The van der Waals surface area contributed by atoms with Crippen LogP contribution in [0.3, 0.4) is 0 Å². The number of hydrogen-bond acceptors (Lipinski definition) is 3. The molecule has 6 heteroatoms. The lowest BCUT2D eigenvalue weighted by atomic mass is 10.1. The highest BCUT2D eigenvalue weighted by Gasteiger charge is 2.39. The lowest BCUT2D eigenvalue weighted by molar-refractivity contribution is -0.121. The van der Waals surface area contributed by atoms with Crippen LogP contribution in [0.5, 0.6) is 0 Å². The largest absolute Gasteiger partial charge is 0.368 e. The van der Waals surface area contributed by atoms with E-state index in [4.69, 9.17) is 5.73 Å². The second kappa shape index (κ2) is 5.18. The van der Waals surface area contributed by atoms with E-state index >= 15 is 0 Å². The van der Waals surface area contributed by atoms with Crippen LogP contribution in [0, 0.1) is 20.8 Å². The molecule has 0 aromatic heterocycles. The third kappa shape index (κ3) is 2.45. The molecule has 1 atom stereocenters. The van der Waals surface area contributed by atoms with Gasteiger partial charge >= 0.3 is 0 Å². The number of sulfonamides is 1. The number of primary amides is 1. The normalized spacial score (nSPS) is 20.2. The number of carbonyl (C=O) groups excluding carboxylic acids is 1. The van der Waals surface area contributed by atoms with Crippen LogP contribution in [0.15, 0.2) is 17.0 Å². The van der Waals surface area contributed by atoms with Crippen molar-refractivity contribution < 1.29 is 13.2 Å². The van der Waals surface area contributed by atoms with E-state index in [2.05, 4.69) is 0 Å². The Balaban J connectivity index is 2.54. The zero-order valence-corrected chi connectivity index (χ0v) is 12.8. The van der Waals surface area contributed by atoms with Crippen molar-refractivity contribution in [1.82, 2.24) is 4.31 Å². The summed E-state index contributed by atoms with van der Waals surface area (Å²) in [7, 11) is -3.68. The molecule has 1 aromatic rings. The third-order valence-electron chi connectivity index (χ3n) is 3.70. The molecule has 0 radical (unpaired) electrons. The third-order valence-corrected chi connectivity index (χ3v) is 5.92. The lowest BCUT2D eigenvalue weighted by Crippen LogP contribution is -2.44. The number of rotatable bonds is 3. The first kappa shape index (κ1) is 15.0. The minimum atomic E-state index is -3.68. The van der Waals surface area contributed by atoms with E-state index in [-0.39, 0.29) is 0 Å². The number of nitrogens with two attached hydrogens (primary N) is 1. The summed E-state index contributed by atoms with van der Waals surface area (Å²) in [5.41, 5.74) is 7.75. The summed E-state index contributed by atoms with van der Waals surface area (Å²) in [5.74, 6) is -0.575. The average Bonchev–Trinajstić information content (AvgIpc) is 2.75. The molecule has 110 valence electrons. The van der Waals surface area contributed by atoms with E-state index in [9.17, 15) is 13.2 Å². The number of benzene rings is 1. The molecule has 0 bridgehead atoms. The predicted molar refractivity (Wildman–Crippen MR) is 76.8 cm³/mol. The van der Waals surface area contributed by atoms with E-state index in [1.54, 1.807) is 13.8 Å². The highest BCUT2D eigenvalue weighted by atomic mass is 32.2. The summed E-state index contributed by atoms with van der Waals surface area (Å²) in [4.78, 5) is 11.7. The SMILES string of the molecule is Cc1cc(C)c(S(=O)(=O)N2CCCC2C(N)=O)c(C)c1. The quantitative estimate of drug-likeness (QED) is 0.911. The Hall–Kier alpha value is -1.40. The molecular weight excluding hydrogens is 276 g/mol. The Morgan fingerprint density at radius 1 is 1.25 bits per heavy atom. The van der Waals surface area contributed by atoms with Crippen molar-refractivity contribution in [2.24, 2.45) is 5.73 Å². The average molecular weight is 296 g/mol. The molecule has 2 rings (SSSR count). The van der Waals surface area contributed by atoms with E-state index in [0.717, 1.165) is 5.56 Å². The summed E-state index contributed by atoms with van der Waals surface area (Å²) < 4.78 is 26.9. The van der Waals surface area contributed by atoms with Gasteiger partial charge in [-0.3, -0.25) is 4.79 Å². The molecule has 1 saturated heterocycles. The fraction of sp³-hybridized carbons (Fsp3) is 0.500. The second-order valence-corrected chi connectivity index (χ2v) is 7.23. The first-order chi connectivity index (χ1) is 9.25. The van der Waals surface area contributed by atoms with E-state index in [1.807, 2.05) is 19.1 Å². The van der Waals surface area contributed by atoms with Crippen LogP contribution in [0.1, 0.15) is 29.5 Å². The number of amides is 1. The van der Waals surface area contributed by atoms with Crippen molar-refractivity contribution in [2.45, 2.75) is 44.6 Å². The van der Waals surface area contributed by atoms with Crippen LogP contribution in [0.25, 0.3) is 0 Å². The number of aryl methyl sites for hydroxylation is 3. The fourth-order valence-electron chi connectivity index (χ4n) is 3.00. The van der Waals surface area contributed by atoms with Gasteiger partial charge in [-0.05, 0) is 44.7 Å². The summed E-state index contributed by atoms with van der Waals surface area (Å²) in [5, 5.41) is 0. The van der Waals surface area contributed by atoms with Gasteiger partial charge in [0.05, 0.1) is 4.90 Å². The van der Waals surface area contributed by atoms with Crippen LogP contribution in [0.4, 0.5) is 0 Å². The molecule has 0 saturated carbocycles.